The number of anilines is 1. The zero-order valence-corrected chi connectivity index (χ0v) is 11.7. The monoisotopic (exact) mass is 313 g/mol. The number of aromatic nitrogens is 1. The van der Waals surface area contributed by atoms with Crippen molar-refractivity contribution in [3.8, 4) is 0 Å². The van der Waals surface area contributed by atoms with E-state index in [1.807, 2.05) is 0 Å². The lowest BCUT2D eigenvalue weighted by Crippen LogP contribution is -2.29. The van der Waals surface area contributed by atoms with E-state index in [0.717, 1.165) is 6.07 Å². The third kappa shape index (κ3) is 3.78. The summed E-state index contributed by atoms with van der Waals surface area (Å²) >= 11 is 0. The number of carbonyl (C=O) groups excluding carboxylic acids is 1. The molecule has 0 bridgehead atoms. The van der Waals surface area contributed by atoms with Crippen LogP contribution in [0.5, 0.6) is 0 Å². The van der Waals surface area contributed by atoms with Crippen molar-refractivity contribution in [1.82, 2.24) is 10.3 Å². The summed E-state index contributed by atoms with van der Waals surface area (Å²) in [5.41, 5.74) is -0.444. The Morgan fingerprint density at radius 3 is 2.73 bits per heavy atom. The van der Waals surface area contributed by atoms with Gasteiger partial charge in [-0.2, -0.15) is 13.2 Å². The summed E-state index contributed by atoms with van der Waals surface area (Å²) in [7, 11) is 0. The lowest BCUT2D eigenvalue weighted by atomic mass is 10.2. The molecule has 0 aliphatic rings. The van der Waals surface area contributed by atoms with E-state index in [1.165, 1.54) is 24.6 Å². The third-order valence-corrected chi connectivity index (χ3v) is 2.92. The second kappa shape index (κ2) is 6.50. The predicted molar refractivity (Wildman–Crippen MR) is 73.5 cm³/mol. The molecule has 0 unspecified atom stereocenters. The molecular formula is C14H14F3N3O2. The first-order chi connectivity index (χ1) is 10.4. The molecule has 0 fully saturated rings. The van der Waals surface area contributed by atoms with Crippen LogP contribution in [0.4, 0.5) is 19.0 Å². The highest BCUT2D eigenvalue weighted by Gasteiger charge is 2.33. The van der Waals surface area contributed by atoms with Crippen LogP contribution in [0.25, 0.3) is 0 Å². The maximum absolute atomic E-state index is 12.8. The Kier molecular flexibility index (Phi) is 4.69. The maximum Gasteiger partial charge on any atom is 0.419 e. The zero-order chi connectivity index (χ0) is 16.2. The summed E-state index contributed by atoms with van der Waals surface area (Å²) in [5.74, 6) is -0.122. The highest BCUT2D eigenvalue weighted by Crippen LogP contribution is 2.33. The fourth-order valence-corrected chi connectivity index (χ4v) is 1.85. The summed E-state index contributed by atoms with van der Waals surface area (Å²) in [4.78, 5) is 15.4. The number of carbonyl (C=O) groups is 1. The molecule has 2 N–H and O–H groups in total. The minimum absolute atomic E-state index is 0.114. The van der Waals surface area contributed by atoms with Crippen molar-refractivity contribution >= 4 is 11.7 Å². The van der Waals surface area contributed by atoms with Gasteiger partial charge in [0.25, 0.3) is 5.91 Å². The van der Waals surface area contributed by atoms with Crippen molar-refractivity contribution in [2.45, 2.75) is 13.1 Å². The van der Waals surface area contributed by atoms with E-state index in [-0.39, 0.29) is 24.8 Å². The summed E-state index contributed by atoms with van der Waals surface area (Å²) in [6.45, 7) is 1.91. The van der Waals surface area contributed by atoms with Gasteiger partial charge in [-0.15, -0.1) is 0 Å². The van der Waals surface area contributed by atoms with Gasteiger partial charge in [-0.25, -0.2) is 4.98 Å². The van der Waals surface area contributed by atoms with E-state index in [2.05, 4.69) is 15.6 Å². The van der Waals surface area contributed by atoms with E-state index in [4.69, 9.17) is 4.42 Å². The number of aryl methyl sites for hydroxylation is 1. The smallest absolute Gasteiger partial charge is 0.419 e. The Labute approximate surface area is 124 Å². The van der Waals surface area contributed by atoms with Gasteiger partial charge in [0.1, 0.15) is 11.6 Å². The maximum atomic E-state index is 12.8. The van der Waals surface area contributed by atoms with Crippen molar-refractivity contribution in [2.24, 2.45) is 0 Å². The first-order valence-electron chi connectivity index (χ1n) is 6.48. The molecule has 0 atom stereocenters. The molecule has 0 saturated heterocycles. The molecule has 0 aliphatic carbocycles. The van der Waals surface area contributed by atoms with E-state index in [9.17, 15) is 18.0 Å². The summed E-state index contributed by atoms with van der Waals surface area (Å²) in [5, 5.41) is 5.15. The molecule has 2 aromatic heterocycles. The van der Waals surface area contributed by atoms with Gasteiger partial charge in [-0.3, -0.25) is 4.79 Å². The molecule has 2 rings (SSSR count). The Hall–Kier alpha value is -2.51. The molecule has 0 aliphatic heterocycles. The molecule has 118 valence electrons. The van der Waals surface area contributed by atoms with Gasteiger partial charge in [-0.1, -0.05) is 0 Å². The quantitative estimate of drug-likeness (QED) is 0.833. The van der Waals surface area contributed by atoms with E-state index >= 15 is 0 Å². The third-order valence-electron chi connectivity index (χ3n) is 2.92. The van der Waals surface area contributed by atoms with Crippen molar-refractivity contribution in [3.63, 3.8) is 0 Å². The Balaban J connectivity index is 1.88. The van der Waals surface area contributed by atoms with Gasteiger partial charge < -0.3 is 15.1 Å². The lowest BCUT2D eigenvalue weighted by molar-refractivity contribution is -0.137. The van der Waals surface area contributed by atoms with Crippen LogP contribution in [0, 0.1) is 6.92 Å². The topological polar surface area (TPSA) is 67.2 Å². The SMILES string of the molecule is Cc1occc1C(=O)NCCNc1ncccc1C(F)(F)F. The largest absolute Gasteiger partial charge is 0.469 e. The van der Waals surface area contributed by atoms with Crippen LogP contribution in [0.2, 0.25) is 0 Å². The number of rotatable bonds is 5. The molecule has 2 aromatic rings. The number of hydrogen-bond acceptors (Lipinski definition) is 4. The van der Waals surface area contributed by atoms with Crippen LogP contribution in [0.1, 0.15) is 21.7 Å². The van der Waals surface area contributed by atoms with E-state index in [0.29, 0.717) is 11.3 Å². The Morgan fingerprint density at radius 2 is 2.09 bits per heavy atom. The number of nitrogens with one attached hydrogen (secondary N) is 2. The Bertz CT molecular complexity index is 653. The molecule has 0 saturated carbocycles. The van der Waals surface area contributed by atoms with Gasteiger partial charge in [0.05, 0.1) is 17.4 Å². The van der Waals surface area contributed by atoms with Crippen molar-refractivity contribution in [1.29, 1.82) is 0 Å². The summed E-state index contributed by atoms with van der Waals surface area (Å²) in [6, 6.07) is 3.69. The highest BCUT2D eigenvalue weighted by molar-refractivity contribution is 5.95. The first kappa shape index (κ1) is 15.9. The number of alkyl halides is 3. The van der Waals surface area contributed by atoms with Crippen LogP contribution >= 0.6 is 0 Å². The van der Waals surface area contributed by atoms with E-state index in [1.54, 1.807) is 6.92 Å². The molecule has 0 radical (unpaired) electrons. The Morgan fingerprint density at radius 1 is 1.32 bits per heavy atom. The van der Waals surface area contributed by atoms with Crippen molar-refractivity contribution in [2.75, 3.05) is 18.4 Å². The summed E-state index contributed by atoms with van der Waals surface area (Å²) in [6.07, 6.45) is -1.81. The minimum atomic E-state index is -4.48. The fraction of sp³-hybridized carbons (Fsp3) is 0.286. The van der Waals surface area contributed by atoms with Crippen LogP contribution in [0.15, 0.2) is 35.1 Å². The van der Waals surface area contributed by atoms with Crippen LogP contribution in [-0.4, -0.2) is 24.0 Å². The van der Waals surface area contributed by atoms with E-state index < -0.39 is 11.7 Å². The number of pyridine rings is 1. The van der Waals surface area contributed by atoms with Crippen LogP contribution < -0.4 is 10.6 Å². The second-order valence-electron chi connectivity index (χ2n) is 4.47. The second-order valence-corrected chi connectivity index (χ2v) is 4.47. The molecular weight excluding hydrogens is 299 g/mol. The number of amides is 1. The molecule has 8 heteroatoms. The first-order valence-corrected chi connectivity index (χ1v) is 6.48. The molecule has 0 aromatic carbocycles. The molecule has 22 heavy (non-hydrogen) atoms. The minimum Gasteiger partial charge on any atom is -0.469 e. The fourth-order valence-electron chi connectivity index (χ4n) is 1.85. The average Bonchev–Trinajstić information content (AvgIpc) is 2.89. The normalized spacial score (nSPS) is 11.3. The number of hydrogen-bond donors (Lipinski definition) is 2. The predicted octanol–water partition coefficient (Wildman–Crippen LogP) is 2.84. The van der Waals surface area contributed by atoms with Crippen molar-refractivity contribution in [3.05, 3.63) is 47.5 Å². The summed E-state index contributed by atoms with van der Waals surface area (Å²) < 4.78 is 43.3. The van der Waals surface area contributed by atoms with Gasteiger partial charge in [-0.05, 0) is 25.1 Å². The van der Waals surface area contributed by atoms with Gasteiger partial charge in [0, 0.05) is 19.3 Å². The molecule has 1 amide bonds. The average molecular weight is 313 g/mol. The number of halogens is 3. The number of furan rings is 1. The highest BCUT2D eigenvalue weighted by atomic mass is 19.4. The molecule has 0 spiro atoms. The lowest BCUT2D eigenvalue weighted by Gasteiger charge is -2.13. The molecule has 5 nitrogen and oxygen atoms in total. The van der Waals surface area contributed by atoms with Crippen LogP contribution in [0.3, 0.4) is 0 Å². The van der Waals surface area contributed by atoms with Gasteiger partial charge in [0.15, 0.2) is 0 Å². The molecule has 2 heterocycles. The van der Waals surface area contributed by atoms with Gasteiger partial charge in [0.2, 0.25) is 0 Å². The van der Waals surface area contributed by atoms with Gasteiger partial charge >= 0.3 is 6.18 Å². The standard InChI is InChI=1S/C14H14F3N3O2/c1-9-10(4-8-22-9)13(21)20-7-6-19-12-11(14(15,16)17)3-2-5-18-12/h2-5,8H,6-7H2,1H3,(H,18,19)(H,20,21). The zero-order valence-electron chi connectivity index (χ0n) is 11.7. The van der Waals surface area contributed by atoms with Crippen LogP contribution in [-0.2, 0) is 6.18 Å². The number of nitrogens with zero attached hydrogens (tertiary/aromatic N) is 1. The van der Waals surface area contributed by atoms with Crippen molar-refractivity contribution < 1.29 is 22.4 Å².